The number of allylic oxidation sites excluding steroid dienone is 1. The summed E-state index contributed by atoms with van der Waals surface area (Å²) >= 11 is 0. The molecule has 0 radical (unpaired) electrons. The fraction of sp³-hybridized carbons (Fsp3) is 0.273. The zero-order valence-corrected chi connectivity index (χ0v) is 9.67. The van der Waals surface area contributed by atoms with Gasteiger partial charge in [-0.3, -0.25) is 0 Å². The van der Waals surface area contributed by atoms with Gasteiger partial charge in [-0.15, -0.1) is 0 Å². The quantitative estimate of drug-likeness (QED) is 0.573. The van der Waals surface area contributed by atoms with Gasteiger partial charge in [-0.25, -0.2) is 0 Å². The first-order valence-electron chi connectivity index (χ1n) is 4.60. The third-order valence-electron chi connectivity index (χ3n) is 2.69. The zero-order chi connectivity index (χ0) is 8.55. The van der Waals surface area contributed by atoms with Crippen LogP contribution in [0.2, 0.25) is 6.04 Å². The van der Waals surface area contributed by atoms with Crippen molar-refractivity contribution in [2.24, 2.45) is 0 Å². The van der Waals surface area contributed by atoms with Crippen LogP contribution in [0.15, 0.2) is 24.3 Å². The molecule has 1 aliphatic rings. The Bertz CT molecular complexity index is 331. The summed E-state index contributed by atoms with van der Waals surface area (Å²) in [4.78, 5) is 0. The summed E-state index contributed by atoms with van der Waals surface area (Å²) in [5.74, 6) is 0.728. The third-order valence-corrected chi connectivity index (χ3v) is 3.57. The first kappa shape index (κ1) is 10.9. The van der Waals surface area contributed by atoms with Crippen LogP contribution in [0.3, 0.4) is 0 Å². The fourth-order valence-corrected chi connectivity index (χ4v) is 2.64. The standard InChI is InChI=1S/C11H14Si.Li.H/c1-8-3-2-4-11-9(7-12)5-6-10(8)11;;/h2-6,9H,7H2,1,12H3;;. The molecule has 0 amide bonds. The summed E-state index contributed by atoms with van der Waals surface area (Å²) in [5, 5.41) is 0. The Kier molecular flexibility index (Phi) is 3.61. The van der Waals surface area contributed by atoms with E-state index in [0.29, 0.717) is 0 Å². The minimum absolute atomic E-state index is 0. The topological polar surface area (TPSA) is 0 Å². The summed E-state index contributed by atoms with van der Waals surface area (Å²) in [6, 6.07) is 7.99. The summed E-state index contributed by atoms with van der Waals surface area (Å²) in [7, 11) is 1.30. The molecule has 0 saturated heterocycles. The molecule has 0 heterocycles. The van der Waals surface area contributed by atoms with E-state index < -0.39 is 0 Å². The molecule has 0 fully saturated rings. The van der Waals surface area contributed by atoms with Crippen LogP contribution < -0.4 is 0 Å². The van der Waals surface area contributed by atoms with E-state index >= 15 is 0 Å². The SMILES string of the molecule is Cc1cccc2c1C=CC2C[SiH3].[LiH]. The van der Waals surface area contributed by atoms with Crippen molar-refractivity contribution in [2.75, 3.05) is 0 Å². The molecule has 1 aromatic rings. The number of hydrogen-bond acceptors (Lipinski definition) is 0. The molecule has 0 N–H and O–H groups in total. The fourth-order valence-electron chi connectivity index (χ4n) is 1.93. The minimum atomic E-state index is 0. The molecule has 0 bridgehead atoms. The maximum atomic E-state index is 2.35. The van der Waals surface area contributed by atoms with Gasteiger partial charge in [0, 0.05) is 10.2 Å². The van der Waals surface area contributed by atoms with E-state index in [1.807, 2.05) is 0 Å². The average Bonchev–Trinajstić information content (AvgIpc) is 2.49. The summed E-state index contributed by atoms with van der Waals surface area (Å²) < 4.78 is 0. The van der Waals surface area contributed by atoms with E-state index in [1.165, 1.54) is 27.4 Å². The van der Waals surface area contributed by atoms with Crippen molar-refractivity contribution in [3.05, 3.63) is 41.0 Å². The van der Waals surface area contributed by atoms with Gasteiger partial charge in [0.2, 0.25) is 0 Å². The Morgan fingerprint density at radius 1 is 1.38 bits per heavy atom. The van der Waals surface area contributed by atoms with Gasteiger partial charge in [-0.1, -0.05) is 36.4 Å². The second-order valence-electron chi connectivity index (χ2n) is 3.45. The van der Waals surface area contributed by atoms with Crippen LogP contribution in [-0.4, -0.2) is 29.1 Å². The Morgan fingerprint density at radius 2 is 2.15 bits per heavy atom. The van der Waals surface area contributed by atoms with Crippen LogP contribution in [0.5, 0.6) is 0 Å². The van der Waals surface area contributed by atoms with Gasteiger partial charge < -0.3 is 0 Å². The van der Waals surface area contributed by atoms with Crippen LogP contribution >= 0.6 is 0 Å². The number of fused-ring (bicyclic) bond motifs is 1. The Balaban J connectivity index is 0.000000845. The van der Waals surface area contributed by atoms with Crippen LogP contribution in [0.1, 0.15) is 22.6 Å². The summed E-state index contributed by atoms with van der Waals surface area (Å²) in [6.07, 6.45) is 4.64. The van der Waals surface area contributed by atoms with E-state index in [4.69, 9.17) is 0 Å². The maximum absolute atomic E-state index is 2.35. The van der Waals surface area contributed by atoms with Crippen LogP contribution in [-0.2, 0) is 0 Å². The van der Waals surface area contributed by atoms with E-state index in [2.05, 4.69) is 37.3 Å². The molecule has 13 heavy (non-hydrogen) atoms. The van der Waals surface area contributed by atoms with Crippen LogP contribution in [0.4, 0.5) is 0 Å². The first-order chi connectivity index (χ1) is 5.83. The molecule has 0 aromatic heterocycles. The van der Waals surface area contributed by atoms with Gasteiger partial charge in [0.05, 0.1) is 0 Å². The Hall–Kier alpha value is -0.226. The van der Waals surface area contributed by atoms with E-state index in [0.717, 1.165) is 5.92 Å². The Morgan fingerprint density at radius 3 is 2.85 bits per heavy atom. The molecule has 2 heteroatoms. The van der Waals surface area contributed by atoms with Crippen molar-refractivity contribution in [1.29, 1.82) is 0 Å². The van der Waals surface area contributed by atoms with Crippen LogP contribution in [0.25, 0.3) is 6.08 Å². The molecule has 0 saturated carbocycles. The van der Waals surface area contributed by atoms with Crippen molar-refractivity contribution in [3.63, 3.8) is 0 Å². The molecular formula is C11H15LiSi. The molecule has 0 nitrogen and oxygen atoms in total. The molecule has 0 spiro atoms. The van der Waals surface area contributed by atoms with Crippen molar-refractivity contribution in [3.8, 4) is 0 Å². The Labute approximate surface area is 95.0 Å². The average molecular weight is 182 g/mol. The predicted molar refractivity (Wildman–Crippen MR) is 64.8 cm³/mol. The number of rotatable bonds is 1. The van der Waals surface area contributed by atoms with Gasteiger partial charge in [-0.2, -0.15) is 0 Å². The van der Waals surface area contributed by atoms with Gasteiger partial charge in [0.25, 0.3) is 0 Å². The van der Waals surface area contributed by atoms with Gasteiger partial charge >= 0.3 is 18.9 Å². The molecule has 2 rings (SSSR count). The number of aryl methyl sites for hydroxylation is 1. The van der Waals surface area contributed by atoms with Crippen molar-refractivity contribution in [1.82, 2.24) is 0 Å². The monoisotopic (exact) mass is 182 g/mol. The number of benzene rings is 1. The van der Waals surface area contributed by atoms with E-state index in [1.54, 1.807) is 5.56 Å². The molecule has 1 aliphatic carbocycles. The van der Waals surface area contributed by atoms with E-state index in [-0.39, 0.29) is 18.9 Å². The van der Waals surface area contributed by atoms with Crippen molar-refractivity contribution >= 4 is 35.2 Å². The van der Waals surface area contributed by atoms with Gasteiger partial charge in [0.15, 0.2) is 0 Å². The van der Waals surface area contributed by atoms with Gasteiger partial charge in [0.1, 0.15) is 0 Å². The second-order valence-corrected chi connectivity index (χ2v) is 4.27. The molecule has 1 atom stereocenters. The predicted octanol–water partition coefficient (Wildman–Crippen LogP) is 1.24. The van der Waals surface area contributed by atoms with Crippen LogP contribution in [0, 0.1) is 6.92 Å². The molecular weight excluding hydrogens is 167 g/mol. The summed E-state index contributed by atoms with van der Waals surface area (Å²) in [5.41, 5.74) is 4.43. The first-order valence-corrected chi connectivity index (χ1v) is 6.02. The molecule has 1 unspecified atom stereocenters. The van der Waals surface area contributed by atoms with Crippen molar-refractivity contribution in [2.45, 2.75) is 18.9 Å². The van der Waals surface area contributed by atoms with Gasteiger partial charge in [-0.05, 0) is 29.5 Å². The van der Waals surface area contributed by atoms with E-state index in [9.17, 15) is 0 Å². The summed E-state index contributed by atoms with van der Waals surface area (Å²) in [6.45, 7) is 2.19. The van der Waals surface area contributed by atoms with Crippen molar-refractivity contribution < 1.29 is 0 Å². The molecule has 64 valence electrons. The normalized spacial score (nSPS) is 18.4. The molecule has 1 aromatic carbocycles. The zero-order valence-electron chi connectivity index (χ0n) is 7.67. The number of hydrogen-bond donors (Lipinski definition) is 0. The second kappa shape index (κ2) is 4.33. The third kappa shape index (κ3) is 1.83. The molecule has 0 aliphatic heterocycles.